The summed E-state index contributed by atoms with van der Waals surface area (Å²) in [6.07, 6.45) is -0.147. The van der Waals surface area contributed by atoms with E-state index in [-0.39, 0.29) is 6.17 Å². The van der Waals surface area contributed by atoms with Crippen molar-refractivity contribution >= 4 is 31.7 Å². The second kappa shape index (κ2) is 6.71. The van der Waals surface area contributed by atoms with Gasteiger partial charge in [0.2, 0.25) is 0 Å². The van der Waals surface area contributed by atoms with Crippen molar-refractivity contribution in [1.29, 1.82) is 0 Å². The Labute approximate surface area is 117 Å². The summed E-state index contributed by atoms with van der Waals surface area (Å²) in [5.74, 6) is -1.21. The van der Waals surface area contributed by atoms with Gasteiger partial charge in [-0.05, 0) is 0 Å². The minimum Gasteiger partial charge on any atom is -0.481 e. The molecule has 3 N–H and O–H groups in total. The lowest BCUT2D eigenvalue weighted by atomic mass is 10.4. The zero-order valence-corrected chi connectivity index (χ0v) is 12.2. The third-order valence-corrected chi connectivity index (χ3v) is 5.42. The molecule has 108 valence electrons. The number of rotatable bonds is 5. The molecule has 0 unspecified atom stereocenters. The summed E-state index contributed by atoms with van der Waals surface area (Å²) in [5, 5.41) is 2.88. The van der Waals surface area contributed by atoms with Gasteiger partial charge in [0.15, 0.2) is 0 Å². The van der Waals surface area contributed by atoms with Crippen molar-refractivity contribution in [3.8, 4) is 0 Å². The number of nitrogens with two attached hydrogens (primary N) is 1. The minimum absolute atomic E-state index is 0.147. The zero-order chi connectivity index (χ0) is 15.2. The predicted octanol–water partition coefficient (Wildman–Crippen LogP) is -0.330. The smallest absolute Gasteiger partial charge is 0.481 e. The molecule has 0 fully saturated rings. The van der Waals surface area contributed by atoms with Crippen molar-refractivity contribution in [1.82, 2.24) is 5.32 Å². The van der Waals surface area contributed by atoms with Crippen LogP contribution in [-0.4, -0.2) is 32.7 Å². The first-order valence-corrected chi connectivity index (χ1v) is 7.86. The molecule has 0 atom stereocenters. The number of hydrogen-bond donors (Lipinski definition) is 2. The molecule has 0 bridgehead atoms. The molecule has 0 heterocycles. The lowest BCUT2D eigenvalue weighted by molar-refractivity contribution is -0.138. The molecule has 1 aromatic rings. The van der Waals surface area contributed by atoms with Gasteiger partial charge < -0.3 is 19.9 Å². The lowest BCUT2D eigenvalue weighted by Crippen LogP contribution is -2.63. The topological polar surface area (TPSA) is 108 Å². The minimum atomic E-state index is -3.47. The Morgan fingerprint density at radius 2 is 1.60 bits per heavy atom. The van der Waals surface area contributed by atoms with Gasteiger partial charge in [0.05, 0.1) is 6.17 Å². The largest absolute Gasteiger partial charge is 0.519 e. The molecule has 2 amide bonds. The van der Waals surface area contributed by atoms with Crippen LogP contribution in [0.15, 0.2) is 30.3 Å². The van der Waals surface area contributed by atoms with Crippen LogP contribution in [0.25, 0.3) is 0 Å². The van der Waals surface area contributed by atoms with Crippen LogP contribution in [0.4, 0.5) is 4.79 Å². The SMILES string of the molecule is CC(=O)O[Si](CNC(N)=O)(OC(C)=O)c1ccccc1. The van der Waals surface area contributed by atoms with E-state index in [0.29, 0.717) is 5.19 Å². The molecule has 20 heavy (non-hydrogen) atoms. The van der Waals surface area contributed by atoms with Crippen LogP contribution in [0.5, 0.6) is 0 Å². The third-order valence-electron chi connectivity index (χ3n) is 2.33. The van der Waals surface area contributed by atoms with E-state index in [0.717, 1.165) is 0 Å². The van der Waals surface area contributed by atoms with E-state index in [1.807, 2.05) is 0 Å². The average Bonchev–Trinajstić information content (AvgIpc) is 2.35. The van der Waals surface area contributed by atoms with Crippen molar-refractivity contribution in [3.05, 3.63) is 30.3 Å². The summed E-state index contributed by atoms with van der Waals surface area (Å²) in [7, 11) is -3.47. The molecule has 0 aliphatic carbocycles. The zero-order valence-electron chi connectivity index (χ0n) is 11.2. The predicted molar refractivity (Wildman–Crippen MR) is 72.9 cm³/mol. The Kier molecular flexibility index (Phi) is 5.27. The number of carbonyl (C=O) groups excluding carboxylic acids is 3. The summed E-state index contributed by atoms with van der Waals surface area (Å²) in [6.45, 7) is 2.41. The molecule has 0 aliphatic rings. The number of urea groups is 1. The van der Waals surface area contributed by atoms with Crippen LogP contribution in [-0.2, 0) is 18.4 Å². The molecular weight excluding hydrogens is 280 g/mol. The van der Waals surface area contributed by atoms with Crippen molar-refractivity contribution in [2.75, 3.05) is 6.17 Å². The van der Waals surface area contributed by atoms with Crippen LogP contribution in [0.1, 0.15) is 13.8 Å². The van der Waals surface area contributed by atoms with Gasteiger partial charge >= 0.3 is 14.6 Å². The summed E-state index contributed by atoms with van der Waals surface area (Å²) in [6, 6.07) is 7.74. The Morgan fingerprint density at radius 3 is 2.00 bits per heavy atom. The number of carbonyl (C=O) groups is 3. The maximum Gasteiger partial charge on any atom is 0.519 e. The highest BCUT2D eigenvalue weighted by atomic mass is 28.4. The van der Waals surface area contributed by atoms with Gasteiger partial charge in [0.25, 0.3) is 11.9 Å². The Bertz CT molecular complexity index is 490. The number of amides is 2. The molecule has 0 aliphatic heterocycles. The first-order valence-electron chi connectivity index (χ1n) is 5.84. The van der Waals surface area contributed by atoms with E-state index in [1.54, 1.807) is 30.3 Å². The molecule has 0 aromatic heterocycles. The van der Waals surface area contributed by atoms with E-state index >= 15 is 0 Å². The van der Waals surface area contributed by atoms with Crippen molar-refractivity contribution < 1.29 is 23.2 Å². The van der Waals surface area contributed by atoms with E-state index in [1.165, 1.54) is 13.8 Å². The highest BCUT2D eigenvalue weighted by Crippen LogP contribution is 2.09. The summed E-state index contributed by atoms with van der Waals surface area (Å²) in [4.78, 5) is 33.6. The van der Waals surface area contributed by atoms with Gasteiger partial charge in [-0.1, -0.05) is 30.3 Å². The highest BCUT2D eigenvalue weighted by Gasteiger charge is 2.47. The summed E-state index contributed by atoms with van der Waals surface area (Å²) >= 11 is 0. The fraction of sp³-hybridized carbons (Fsp3) is 0.250. The normalized spacial score (nSPS) is 10.5. The molecular formula is C12H16N2O5Si. The van der Waals surface area contributed by atoms with E-state index in [9.17, 15) is 14.4 Å². The Hall–Kier alpha value is -2.35. The maximum absolute atomic E-state index is 11.3. The molecule has 1 rings (SSSR count). The van der Waals surface area contributed by atoms with Crippen LogP contribution in [0.3, 0.4) is 0 Å². The Morgan fingerprint density at radius 1 is 1.10 bits per heavy atom. The molecule has 0 radical (unpaired) electrons. The number of primary amides is 1. The number of hydrogen-bond acceptors (Lipinski definition) is 5. The fourth-order valence-corrected chi connectivity index (χ4v) is 4.33. The molecule has 8 heteroatoms. The van der Waals surface area contributed by atoms with E-state index < -0.39 is 26.5 Å². The van der Waals surface area contributed by atoms with Crippen LogP contribution < -0.4 is 16.2 Å². The summed E-state index contributed by atoms with van der Waals surface area (Å²) < 4.78 is 10.5. The quantitative estimate of drug-likeness (QED) is 0.723. The standard InChI is InChI=1S/C12H16N2O5Si/c1-9(15)18-20(19-10(2)16,8-14-12(13)17)11-6-4-3-5-7-11/h3-7H,8H2,1-2H3,(H3,13,14,17). The highest BCUT2D eigenvalue weighted by molar-refractivity contribution is 6.83. The van der Waals surface area contributed by atoms with Crippen molar-refractivity contribution in [2.45, 2.75) is 13.8 Å². The number of benzene rings is 1. The van der Waals surface area contributed by atoms with Gasteiger partial charge in [-0.15, -0.1) is 0 Å². The van der Waals surface area contributed by atoms with Gasteiger partial charge in [0, 0.05) is 19.0 Å². The molecule has 1 aromatic carbocycles. The van der Waals surface area contributed by atoms with Gasteiger partial charge in [-0.2, -0.15) is 0 Å². The van der Waals surface area contributed by atoms with E-state index in [4.69, 9.17) is 14.6 Å². The second-order valence-electron chi connectivity index (χ2n) is 4.02. The van der Waals surface area contributed by atoms with Crippen molar-refractivity contribution in [2.24, 2.45) is 5.73 Å². The van der Waals surface area contributed by atoms with Crippen LogP contribution in [0.2, 0.25) is 0 Å². The second-order valence-corrected chi connectivity index (χ2v) is 6.87. The van der Waals surface area contributed by atoms with Crippen molar-refractivity contribution in [3.63, 3.8) is 0 Å². The van der Waals surface area contributed by atoms with Gasteiger partial charge in [0.1, 0.15) is 0 Å². The Balaban J connectivity index is 3.20. The fourth-order valence-electron chi connectivity index (χ4n) is 1.67. The van der Waals surface area contributed by atoms with E-state index in [2.05, 4.69) is 5.32 Å². The molecule has 0 saturated heterocycles. The van der Waals surface area contributed by atoms with Crippen LogP contribution >= 0.6 is 0 Å². The first kappa shape index (κ1) is 15.7. The summed E-state index contributed by atoms with van der Waals surface area (Å²) in [5.41, 5.74) is 5.03. The number of nitrogens with one attached hydrogen (secondary N) is 1. The van der Waals surface area contributed by atoms with Crippen LogP contribution in [0, 0.1) is 0 Å². The molecule has 0 saturated carbocycles. The van der Waals surface area contributed by atoms with Gasteiger partial charge in [-0.3, -0.25) is 9.59 Å². The average molecular weight is 296 g/mol. The third kappa shape index (κ3) is 4.39. The van der Waals surface area contributed by atoms with Gasteiger partial charge in [-0.25, -0.2) is 4.79 Å². The molecule has 7 nitrogen and oxygen atoms in total. The monoisotopic (exact) mass is 296 g/mol. The maximum atomic E-state index is 11.3. The molecule has 0 spiro atoms. The lowest BCUT2D eigenvalue weighted by Gasteiger charge is -2.28. The first-order chi connectivity index (χ1) is 9.35.